The van der Waals surface area contributed by atoms with E-state index in [9.17, 15) is 20.2 Å². The molecule has 2 rings (SSSR count). The number of azo groups is 1. The molecule has 0 atom stereocenters. The Hall–Kier alpha value is -3.27. The van der Waals surface area contributed by atoms with Gasteiger partial charge < -0.3 is 9.64 Å². The molecule has 0 N–H and O–H groups in total. The van der Waals surface area contributed by atoms with Gasteiger partial charge in [-0.3, -0.25) is 20.2 Å². The Morgan fingerprint density at radius 3 is 2.24 bits per heavy atom. The Balaban J connectivity index is 2.54. The highest BCUT2D eigenvalue weighted by atomic mass is 35.5. The predicted molar refractivity (Wildman–Crippen MR) is 110 cm³/mol. The van der Waals surface area contributed by atoms with E-state index in [1.54, 1.807) is 6.07 Å². The highest BCUT2D eigenvalue weighted by molar-refractivity contribution is 6.33. The van der Waals surface area contributed by atoms with Gasteiger partial charge in [-0.15, -0.1) is 10.2 Å². The van der Waals surface area contributed by atoms with E-state index in [0.29, 0.717) is 11.4 Å². The average molecular weight is 422 g/mol. The molecule has 10 nitrogen and oxygen atoms in total. The van der Waals surface area contributed by atoms with Crippen molar-refractivity contribution in [1.29, 1.82) is 0 Å². The third-order valence-electron chi connectivity index (χ3n) is 4.29. The van der Waals surface area contributed by atoms with Crippen LogP contribution in [0.15, 0.2) is 34.5 Å². The molecular weight excluding hydrogens is 402 g/mol. The zero-order chi connectivity index (χ0) is 21.7. The molecule has 0 saturated carbocycles. The van der Waals surface area contributed by atoms with Crippen molar-refractivity contribution in [2.24, 2.45) is 10.2 Å². The van der Waals surface area contributed by atoms with Gasteiger partial charge in [0.05, 0.1) is 39.4 Å². The number of hydrogen-bond donors (Lipinski definition) is 0. The van der Waals surface area contributed by atoms with E-state index >= 15 is 0 Å². The fourth-order valence-corrected chi connectivity index (χ4v) is 3.01. The van der Waals surface area contributed by atoms with Crippen molar-refractivity contribution in [2.75, 3.05) is 25.1 Å². The van der Waals surface area contributed by atoms with Gasteiger partial charge >= 0.3 is 5.69 Å². The van der Waals surface area contributed by atoms with Crippen molar-refractivity contribution < 1.29 is 14.6 Å². The van der Waals surface area contributed by atoms with Crippen LogP contribution in [0, 0.1) is 27.2 Å². The first kappa shape index (κ1) is 22.0. The first-order valence-corrected chi connectivity index (χ1v) is 9.08. The van der Waals surface area contributed by atoms with Gasteiger partial charge in [-0.1, -0.05) is 11.6 Å². The fraction of sp³-hybridized carbons (Fsp3) is 0.333. The number of benzene rings is 2. The van der Waals surface area contributed by atoms with Crippen LogP contribution in [0.2, 0.25) is 5.02 Å². The Labute approximate surface area is 172 Å². The lowest BCUT2D eigenvalue weighted by molar-refractivity contribution is -0.393. The number of nitro benzene ring substituents is 2. The van der Waals surface area contributed by atoms with Crippen LogP contribution in [0.3, 0.4) is 0 Å². The van der Waals surface area contributed by atoms with Gasteiger partial charge in [-0.2, -0.15) is 0 Å². The summed E-state index contributed by atoms with van der Waals surface area (Å²) in [6, 6.07) is 5.38. The number of ether oxygens (including phenoxy) is 1. The molecule has 0 spiro atoms. The van der Waals surface area contributed by atoms with Gasteiger partial charge in [-0.25, -0.2) is 0 Å². The lowest BCUT2D eigenvalue weighted by Crippen LogP contribution is -2.22. The molecule has 2 aromatic rings. The second-order valence-corrected chi connectivity index (χ2v) is 6.40. The number of anilines is 1. The summed E-state index contributed by atoms with van der Waals surface area (Å²) in [5.41, 5.74) is 0.750. The van der Waals surface area contributed by atoms with Gasteiger partial charge in [0, 0.05) is 25.2 Å². The van der Waals surface area contributed by atoms with Crippen LogP contribution in [0.5, 0.6) is 5.75 Å². The number of nitrogens with zero attached hydrogens (tertiary/aromatic N) is 5. The lowest BCUT2D eigenvalue weighted by atomic mass is 10.1. The SMILES string of the molecule is CCN(CC)c1cc(C)c(N=Nc2c(Cl)cc([N+](=O)[O-])cc2[N+](=O)[O-])cc1OC. The summed E-state index contributed by atoms with van der Waals surface area (Å²) < 4.78 is 5.45. The van der Waals surface area contributed by atoms with E-state index in [2.05, 4.69) is 15.1 Å². The summed E-state index contributed by atoms with van der Waals surface area (Å²) in [6.07, 6.45) is 0. The molecule has 0 saturated heterocycles. The Kier molecular flexibility index (Phi) is 7.05. The summed E-state index contributed by atoms with van der Waals surface area (Å²) in [5.74, 6) is 0.581. The van der Waals surface area contributed by atoms with Gasteiger partial charge in [-0.05, 0) is 32.4 Å². The van der Waals surface area contributed by atoms with Crippen molar-refractivity contribution in [3.63, 3.8) is 0 Å². The minimum atomic E-state index is -0.788. The number of rotatable bonds is 8. The molecule has 154 valence electrons. The van der Waals surface area contributed by atoms with E-state index in [-0.39, 0.29) is 10.7 Å². The standard InChI is InChI=1S/C18H20ClN5O5/c1-5-22(6-2)15-7-11(3)14(10-17(15)29-4)20-21-18-13(19)8-12(23(25)26)9-16(18)24(27)28/h7-10H,5-6H2,1-4H3. The Morgan fingerprint density at radius 1 is 1.07 bits per heavy atom. The van der Waals surface area contributed by atoms with Crippen LogP contribution < -0.4 is 9.64 Å². The van der Waals surface area contributed by atoms with E-state index in [0.717, 1.165) is 36.5 Å². The van der Waals surface area contributed by atoms with E-state index in [1.807, 2.05) is 26.8 Å². The Morgan fingerprint density at radius 2 is 1.72 bits per heavy atom. The molecule has 2 aromatic carbocycles. The van der Waals surface area contributed by atoms with E-state index in [1.165, 1.54) is 7.11 Å². The van der Waals surface area contributed by atoms with Crippen molar-refractivity contribution in [3.8, 4) is 5.75 Å². The second-order valence-electron chi connectivity index (χ2n) is 5.99. The molecule has 0 fully saturated rings. The van der Waals surface area contributed by atoms with Crippen molar-refractivity contribution in [2.45, 2.75) is 20.8 Å². The smallest absolute Gasteiger partial charge is 0.305 e. The summed E-state index contributed by atoms with van der Waals surface area (Å²) in [5, 5.41) is 30.0. The zero-order valence-corrected chi connectivity index (χ0v) is 17.1. The minimum Gasteiger partial charge on any atom is -0.495 e. The summed E-state index contributed by atoms with van der Waals surface area (Å²) in [7, 11) is 1.54. The molecule has 0 aliphatic rings. The molecular formula is C18H20ClN5O5. The number of aryl methyl sites for hydroxylation is 1. The molecule has 0 amide bonds. The number of halogens is 1. The fourth-order valence-electron chi connectivity index (χ4n) is 2.76. The van der Waals surface area contributed by atoms with Gasteiger partial charge in [0.1, 0.15) is 5.75 Å². The first-order chi connectivity index (χ1) is 13.7. The quantitative estimate of drug-likeness (QED) is 0.304. The van der Waals surface area contributed by atoms with Crippen molar-refractivity contribution in [1.82, 2.24) is 0 Å². The highest BCUT2D eigenvalue weighted by Crippen LogP contribution is 2.41. The van der Waals surface area contributed by atoms with E-state index < -0.39 is 21.2 Å². The number of methoxy groups -OCH3 is 1. The molecule has 11 heteroatoms. The zero-order valence-electron chi connectivity index (χ0n) is 16.4. The molecule has 29 heavy (non-hydrogen) atoms. The Bertz CT molecular complexity index is 976. The largest absolute Gasteiger partial charge is 0.495 e. The maximum Gasteiger partial charge on any atom is 0.305 e. The van der Waals surface area contributed by atoms with Crippen LogP contribution >= 0.6 is 11.6 Å². The number of nitro groups is 2. The third-order valence-corrected chi connectivity index (χ3v) is 4.58. The number of hydrogen-bond acceptors (Lipinski definition) is 8. The third kappa shape index (κ3) is 4.77. The van der Waals surface area contributed by atoms with Gasteiger partial charge in [0.15, 0.2) is 5.69 Å². The molecule has 0 bridgehead atoms. The monoisotopic (exact) mass is 421 g/mol. The summed E-state index contributed by atoms with van der Waals surface area (Å²) in [4.78, 5) is 22.8. The van der Waals surface area contributed by atoms with E-state index in [4.69, 9.17) is 16.3 Å². The van der Waals surface area contributed by atoms with Crippen LogP contribution in [0.4, 0.5) is 28.4 Å². The van der Waals surface area contributed by atoms with Crippen LogP contribution in [0.1, 0.15) is 19.4 Å². The maximum absolute atomic E-state index is 11.3. The molecule has 0 aromatic heterocycles. The summed E-state index contributed by atoms with van der Waals surface area (Å²) >= 11 is 6.00. The lowest BCUT2D eigenvalue weighted by Gasteiger charge is -2.24. The van der Waals surface area contributed by atoms with Crippen LogP contribution in [-0.4, -0.2) is 30.0 Å². The molecule has 0 aliphatic carbocycles. The van der Waals surface area contributed by atoms with Crippen molar-refractivity contribution in [3.05, 3.63) is 55.1 Å². The van der Waals surface area contributed by atoms with Crippen LogP contribution in [-0.2, 0) is 0 Å². The topological polar surface area (TPSA) is 123 Å². The average Bonchev–Trinajstić information content (AvgIpc) is 2.68. The minimum absolute atomic E-state index is 0.237. The maximum atomic E-state index is 11.3. The molecule has 0 heterocycles. The first-order valence-electron chi connectivity index (χ1n) is 8.71. The van der Waals surface area contributed by atoms with Crippen molar-refractivity contribution >= 4 is 40.0 Å². The highest BCUT2D eigenvalue weighted by Gasteiger charge is 2.24. The molecule has 0 unspecified atom stereocenters. The van der Waals surface area contributed by atoms with Gasteiger partial charge in [0.2, 0.25) is 0 Å². The molecule has 0 aliphatic heterocycles. The van der Waals surface area contributed by atoms with Crippen LogP contribution in [0.25, 0.3) is 0 Å². The van der Waals surface area contributed by atoms with Gasteiger partial charge in [0.25, 0.3) is 5.69 Å². The predicted octanol–water partition coefficient (Wildman–Crippen LogP) is 5.74. The molecule has 0 radical (unpaired) electrons. The second kappa shape index (κ2) is 9.28. The summed E-state index contributed by atoms with van der Waals surface area (Å²) in [6.45, 7) is 7.46. The number of non-ortho nitro benzene ring substituents is 1. The normalized spacial score (nSPS) is 10.9.